The molecule has 2 aliphatic rings. The van der Waals surface area contributed by atoms with Crippen molar-refractivity contribution in [3.8, 4) is 5.69 Å². The molecule has 3 heterocycles. The van der Waals surface area contributed by atoms with Crippen LogP contribution in [0.15, 0.2) is 60.9 Å². The lowest BCUT2D eigenvalue weighted by Crippen LogP contribution is -2.48. The summed E-state index contributed by atoms with van der Waals surface area (Å²) in [6.07, 6.45) is -2.43. The number of anilines is 2. The molecule has 2 atom stereocenters. The molecule has 9 nitrogen and oxygen atoms in total. The fourth-order valence-corrected chi connectivity index (χ4v) is 5.28. The number of carbonyl (C=O) groups excluding carboxylic acids is 2. The summed E-state index contributed by atoms with van der Waals surface area (Å²) in [5.74, 6) is -2.29. The molecule has 15 heteroatoms. The fourth-order valence-electron chi connectivity index (χ4n) is 5.05. The van der Waals surface area contributed by atoms with E-state index in [2.05, 4.69) is 20.9 Å². The smallest absolute Gasteiger partial charge is 0.375 e. The zero-order valence-corrected chi connectivity index (χ0v) is 21.1. The molecule has 0 radical (unpaired) electrons. The minimum absolute atomic E-state index is 0.0483. The van der Waals surface area contributed by atoms with Crippen LogP contribution in [-0.2, 0) is 5.60 Å². The molecule has 3 N–H and O–H groups in total. The first-order valence-electron chi connectivity index (χ1n) is 11.9. The van der Waals surface area contributed by atoms with Crippen LogP contribution in [0.5, 0.6) is 0 Å². The second-order valence-corrected chi connectivity index (χ2v) is 9.82. The molecular weight excluding hydrogens is 575 g/mol. The molecule has 0 saturated carbocycles. The number of aromatic nitrogens is 3. The van der Waals surface area contributed by atoms with Crippen LogP contribution >= 0.6 is 11.6 Å². The number of fused-ring (bicyclic) bond motifs is 2. The summed E-state index contributed by atoms with van der Waals surface area (Å²) in [4.78, 5) is 27.2. The molecule has 0 saturated heterocycles. The Hall–Kier alpha value is -4.56. The first kappa shape index (κ1) is 26.7. The van der Waals surface area contributed by atoms with Crippen LogP contribution in [0.2, 0.25) is 5.02 Å². The molecule has 210 valence electrons. The van der Waals surface area contributed by atoms with E-state index in [1.54, 1.807) is 0 Å². The Kier molecular flexibility index (Phi) is 6.01. The van der Waals surface area contributed by atoms with Gasteiger partial charge in [0.1, 0.15) is 11.6 Å². The number of alkyl halides is 3. The summed E-state index contributed by atoms with van der Waals surface area (Å²) >= 11 is 6.31. The van der Waals surface area contributed by atoms with Crippen molar-refractivity contribution in [3.05, 3.63) is 99.8 Å². The molecular formula is C26H16ClF5N6O3. The maximum atomic E-state index is 14.2. The Balaban J connectivity index is 1.47. The van der Waals surface area contributed by atoms with Gasteiger partial charge in [0.25, 0.3) is 5.91 Å². The molecule has 3 amide bonds. The number of halogens is 6. The SMILES string of the molecule is O=C1N[C@H](c2cc(F)ccc2Cl)c2c(NC(=O)N3C[C@@](O)(C(F)(F)F)c4cc(F)ccc43)cc(-n3ccnn3)cc21. The van der Waals surface area contributed by atoms with Gasteiger partial charge in [0.2, 0.25) is 5.60 Å². The van der Waals surface area contributed by atoms with Crippen molar-refractivity contribution in [3.63, 3.8) is 0 Å². The second kappa shape index (κ2) is 9.24. The summed E-state index contributed by atoms with van der Waals surface area (Å²) in [6.45, 7) is -1.26. The topological polar surface area (TPSA) is 112 Å². The number of carbonyl (C=O) groups is 2. The Morgan fingerprint density at radius 3 is 2.56 bits per heavy atom. The van der Waals surface area contributed by atoms with Crippen LogP contribution < -0.4 is 15.5 Å². The average molecular weight is 591 g/mol. The first-order valence-corrected chi connectivity index (χ1v) is 12.2. The summed E-state index contributed by atoms with van der Waals surface area (Å²) in [5.41, 5.74) is -4.16. The van der Waals surface area contributed by atoms with Crippen molar-refractivity contribution in [2.45, 2.75) is 17.8 Å². The third-order valence-corrected chi connectivity index (χ3v) is 7.31. The van der Waals surface area contributed by atoms with Crippen molar-refractivity contribution in [2.24, 2.45) is 0 Å². The normalized spacial score (nSPS) is 19.6. The van der Waals surface area contributed by atoms with Crippen LogP contribution in [0, 0.1) is 11.6 Å². The molecule has 2 aliphatic heterocycles. The first-order chi connectivity index (χ1) is 19.4. The summed E-state index contributed by atoms with van der Waals surface area (Å²) < 4.78 is 71.1. The van der Waals surface area contributed by atoms with Gasteiger partial charge < -0.3 is 15.7 Å². The molecule has 0 unspecified atom stereocenters. The fraction of sp³-hybridized carbons (Fsp3) is 0.154. The molecule has 6 rings (SSSR count). The quantitative estimate of drug-likeness (QED) is 0.296. The van der Waals surface area contributed by atoms with Gasteiger partial charge in [-0.1, -0.05) is 16.8 Å². The van der Waals surface area contributed by atoms with Gasteiger partial charge in [0.05, 0.1) is 42.0 Å². The maximum absolute atomic E-state index is 14.2. The largest absolute Gasteiger partial charge is 0.423 e. The Labute approximate surface area is 232 Å². The summed E-state index contributed by atoms with van der Waals surface area (Å²) in [7, 11) is 0. The van der Waals surface area contributed by atoms with E-state index in [0.717, 1.165) is 24.3 Å². The van der Waals surface area contributed by atoms with Crippen molar-refractivity contribution in [2.75, 3.05) is 16.8 Å². The van der Waals surface area contributed by atoms with E-state index < -0.39 is 53.5 Å². The van der Waals surface area contributed by atoms with E-state index in [4.69, 9.17) is 11.6 Å². The number of rotatable bonds is 3. The number of nitrogens with zero attached hydrogens (tertiary/aromatic N) is 4. The Morgan fingerprint density at radius 2 is 1.85 bits per heavy atom. The minimum atomic E-state index is -5.24. The Bertz CT molecular complexity index is 1730. The summed E-state index contributed by atoms with van der Waals surface area (Å²) in [5, 5.41) is 23.4. The monoisotopic (exact) mass is 590 g/mol. The lowest BCUT2D eigenvalue weighted by molar-refractivity contribution is -0.258. The molecule has 1 aromatic heterocycles. The predicted molar refractivity (Wildman–Crippen MR) is 135 cm³/mol. The standard InChI is InChI=1S/C26H16ClF5N6O3/c27-18-3-1-12(28)7-15(18)22-21-16(23(39)35-22)9-14(38-6-5-33-36-38)10-19(21)34-24(40)37-11-25(41,26(30,31)32)17-8-13(29)2-4-20(17)37/h1-10,22,41H,11H2,(H,34,40)(H,35,39)/t22-,25+/m1/s1. The van der Waals surface area contributed by atoms with Crippen LogP contribution in [0.1, 0.15) is 33.1 Å². The number of β-amino-alcohol motifs (C(OH)–C–C–N with tert-alkyl or cyclic N) is 1. The number of nitrogens with one attached hydrogen (secondary N) is 2. The van der Waals surface area contributed by atoms with Gasteiger partial charge in [0, 0.05) is 27.3 Å². The third kappa shape index (κ3) is 4.26. The van der Waals surface area contributed by atoms with Gasteiger partial charge in [-0.05, 0) is 48.5 Å². The lowest BCUT2D eigenvalue weighted by Gasteiger charge is -2.27. The van der Waals surface area contributed by atoms with Crippen molar-refractivity contribution in [1.29, 1.82) is 0 Å². The zero-order valence-electron chi connectivity index (χ0n) is 20.4. The summed E-state index contributed by atoms with van der Waals surface area (Å²) in [6, 6.07) is 6.50. The molecule has 0 aliphatic carbocycles. The van der Waals surface area contributed by atoms with E-state index in [-0.39, 0.29) is 38.8 Å². The van der Waals surface area contributed by atoms with Crippen LogP contribution in [0.4, 0.5) is 38.1 Å². The molecule has 41 heavy (non-hydrogen) atoms. The Morgan fingerprint density at radius 1 is 1.12 bits per heavy atom. The number of hydrogen-bond donors (Lipinski definition) is 3. The van der Waals surface area contributed by atoms with Crippen LogP contribution in [0.3, 0.4) is 0 Å². The van der Waals surface area contributed by atoms with E-state index in [0.29, 0.717) is 11.0 Å². The maximum Gasteiger partial charge on any atom is 0.423 e. The molecule has 0 spiro atoms. The number of benzene rings is 3. The zero-order chi connectivity index (χ0) is 29.3. The van der Waals surface area contributed by atoms with E-state index >= 15 is 0 Å². The van der Waals surface area contributed by atoms with Gasteiger partial charge in [-0.3, -0.25) is 9.69 Å². The number of urea groups is 1. The highest BCUT2D eigenvalue weighted by atomic mass is 35.5. The number of hydrogen-bond acceptors (Lipinski definition) is 5. The number of amides is 3. The van der Waals surface area contributed by atoms with Crippen molar-refractivity contribution >= 4 is 34.9 Å². The third-order valence-electron chi connectivity index (χ3n) is 6.97. The van der Waals surface area contributed by atoms with Gasteiger partial charge in [-0.15, -0.1) is 5.10 Å². The van der Waals surface area contributed by atoms with E-state index in [1.165, 1.54) is 35.3 Å². The minimum Gasteiger partial charge on any atom is -0.375 e. The van der Waals surface area contributed by atoms with E-state index in [1.807, 2.05) is 0 Å². The van der Waals surface area contributed by atoms with Gasteiger partial charge in [0.15, 0.2) is 0 Å². The average Bonchev–Trinajstić information content (AvgIpc) is 3.63. The predicted octanol–water partition coefficient (Wildman–Crippen LogP) is 4.83. The molecule has 3 aromatic carbocycles. The van der Waals surface area contributed by atoms with Gasteiger partial charge in [-0.25, -0.2) is 18.3 Å². The van der Waals surface area contributed by atoms with Gasteiger partial charge >= 0.3 is 12.2 Å². The lowest BCUT2D eigenvalue weighted by atomic mass is 9.95. The second-order valence-electron chi connectivity index (χ2n) is 9.41. The molecule has 0 fully saturated rings. The molecule has 0 bridgehead atoms. The van der Waals surface area contributed by atoms with Crippen molar-refractivity contribution < 1.29 is 36.6 Å². The van der Waals surface area contributed by atoms with Crippen LogP contribution in [-0.4, -0.2) is 44.8 Å². The molecule has 4 aromatic rings. The highest BCUT2D eigenvalue weighted by Gasteiger charge is 2.61. The van der Waals surface area contributed by atoms with Crippen molar-refractivity contribution in [1.82, 2.24) is 20.3 Å². The van der Waals surface area contributed by atoms with E-state index in [9.17, 15) is 36.6 Å². The highest BCUT2D eigenvalue weighted by Crippen LogP contribution is 2.49. The van der Waals surface area contributed by atoms with Crippen LogP contribution in [0.25, 0.3) is 5.69 Å². The number of aliphatic hydroxyl groups is 1. The van der Waals surface area contributed by atoms with Gasteiger partial charge in [-0.2, -0.15) is 13.2 Å². The highest BCUT2D eigenvalue weighted by molar-refractivity contribution is 6.31.